The average Bonchev–Trinajstić information content (AvgIpc) is 2.89. The van der Waals surface area contributed by atoms with Gasteiger partial charge in [0.1, 0.15) is 5.75 Å². The van der Waals surface area contributed by atoms with E-state index in [1.54, 1.807) is 11.9 Å². The summed E-state index contributed by atoms with van der Waals surface area (Å²) in [6, 6.07) is 17.1. The van der Waals surface area contributed by atoms with Crippen molar-refractivity contribution in [2.24, 2.45) is 5.92 Å². The first-order chi connectivity index (χ1) is 16.1. The maximum atomic E-state index is 13.1. The van der Waals surface area contributed by atoms with E-state index in [1.165, 1.54) is 32.1 Å². The molecule has 1 heterocycles. The molecule has 1 aliphatic carbocycles. The Labute approximate surface area is 197 Å². The normalized spacial score (nSPS) is 17.0. The van der Waals surface area contributed by atoms with Crippen molar-refractivity contribution < 1.29 is 14.3 Å². The molecule has 0 radical (unpaired) electrons. The summed E-state index contributed by atoms with van der Waals surface area (Å²) in [6.07, 6.45) is 7.78. The van der Waals surface area contributed by atoms with Gasteiger partial charge in [-0.3, -0.25) is 9.69 Å². The van der Waals surface area contributed by atoms with E-state index in [0.29, 0.717) is 38.3 Å². The van der Waals surface area contributed by atoms with Gasteiger partial charge < -0.3 is 14.5 Å². The van der Waals surface area contributed by atoms with Gasteiger partial charge in [0.2, 0.25) is 0 Å². The van der Waals surface area contributed by atoms with Crippen LogP contribution in [0.2, 0.25) is 0 Å². The molecule has 0 spiro atoms. The van der Waals surface area contributed by atoms with Gasteiger partial charge in [0, 0.05) is 44.5 Å². The summed E-state index contributed by atoms with van der Waals surface area (Å²) in [4.78, 5) is 31.2. The fourth-order valence-electron chi connectivity index (χ4n) is 4.80. The molecule has 0 atom stereocenters. The number of piperazine rings is 1. The van der Waals surface area contributed by atoms with Crippen LogP contribution in [0.1, 0.15) is 48.9 Å². The van der Waals surface area contributed by atoms with Crippen LogP contribution in [0.25, 0.3) is 0 Å². The van der Waals surface area contributed by atoms with Crippen molar-refractivity contribution in [3.05, 3.63) is 60.2 Å². The van der Waals surface area contributed by atoms with Crippen molar-refractivity contribution >= 4 is 17.6 Å². The lowest BCUT2D eigenvalue weighted by Crippen LogP contribution is -2.53. The molecule has 2 aromatic carbocycles. The highest BCUT2D eigenvalue weighted by Gasteiger charge is 2.27. The number of para-hydroxylation sites is 1. The third-order valence-corrected chi connectivity index (χ3v) is 6.87. The second-order valence-electron chi connectivity index (χ2n) is 9.13. The molecule has 176 valence electrons. The van der Waals surface area contributed by atoms with E-state index in [4.69, 9.17) is 4.74 Å². The van der Waals surface area contributed by atoms with Crippen molar-refractivity contribution in [3.63, 3.8) is 0 Å². The van der Waals surface area contributed by atoms with E-state index in [0.717, 1.165) is 23.8 Å². The Kier molecular flexibility index (Phi) is 7.87. The Balaban J connectivity index is 1.27. The molecular weight excluding hydrogens is 414 g/mol. The molecule has 0 N–H and O–H groups in total. The Morgan fingerprint density at radius 3 is 2.33 bits per heavy atom. The molecule has 0 unspecified atom stereocenters. The molecule has 2 fully saturated rings. The Morgan fingerprint density at radius 2 is 1.61 bits per heavy atom. The molecule has 6 nitrogen and oxygen atoms in total. The highest BCUT2D eigenvalue weighted by molar-refractivity contribution is 5.95. The van der Waals surface area contributed by atoms with Gasteiger partial charge in [-0.25, -0.2) is 4.79 Å². The van der Waals surface area contributed by atoms with Gasteiger partial charge in [-0.05, 0) is 42.7 Å². The molecule has 0 bridgehead atoms. The lowest BCUT2D eigenvalue weighted by molar-refractivity contribution is 0.0668. The number of urea groups is 1. The highest BCUT2D eigenvalue weighted by Crippen LogP contribution is 2.26. The summed E-state index contributed by atoms with van der Waals surface area (Å²) < 4.78 is 5.97. The van der Waals surface area contributed by atoms with E-state index in [1.807, 2.05) is 64.4 Å². The smallest absolute Gasteiger partial charge is 0.324 e. The summed E-state index contributed by atoms with van der Waals surface area (Å²) in [5.41, 5.74) is 1.51. The number of benzene rings is 2. The van der Waals surface area contributed by atoms with Crippen LogP contribution in [0.3, 0.4) is 0 Å². The highest BCUT2D eigenvalue weighted by atomic mass is 16.5. The monoisotopic (exact) mass is 449 g/mol. The fraction of sp³-hybridized carbons (Fsp3) is 0.481. The van der Waals surface area contributed by atoms with Crippen molar-refractivity contribution in [3.8, 4) is 5.75 Å². The number of rotatable bonds is 6. The molecule has 0 aromatic heterocycles. The first-order valence-electron chi connectivity index (χ1n) is 12.2. The van der Waals surface area contributed by atoms with Crippen molar-refractivity contribution in [2.75, 3.05) is 44.7 Å². The second-order valence-corrected chi connectivity index (χ2v) is 9.13. The van der Waals surface area contributed by atoms with Gasteiger partial charge in [0.05, 0.1) is 6.61 Å². The minimum Gasteiger partial charge on any atom is -0.494 e. The van der Waals surface area contributed by atoms with Gasteiger partial charge >= 0.3 is 6.03 Å². The standard InChI is InChI=1S/C27H35N3O3/c1-28(24-12-6-3-7-13-24)27(32)30-18-16-29(17-19-30)26(31)23-11-8-14-25(21-23)33-20-15-22-9-4-2-5-10-22/h3,6-8,11-14,21-22H,2,4-5,9-10,15-20H2,1H3. The van der Waals surface area contributed by atoms with Crippen LogP contribution in [0.5, 0.6) is 5.75 Å². The van der Waals surface area contributed by atoms with Crippen LogP contribution < -0.4 is 9.64 Å². The van der Waals surface area contributed by atoms with Crippen molar-refractivity contribution in [2.45, 2.75) is 38.5 Å². The molecule has 6 heteroatoms. The maximum Gasteiger partial charge on any atom is 0.324 e. The number of nitrogens with zero attached hydrogens (tertiary/aromatic N) is 3. The van der Waals surface area contributed by atoms with Crippen LogP contribution in [0.15, 0.2) is 54.6 Å². The first kappa shape index (κ1) is 23.1. The number of anilines is 1. The summed E-state index contributed by atoms with van der Waals surface area (Å²) in [5, 5.41) is 0. The van der Waals surface area contributed by atoms with Crippen LogP contribution in [-0.2, 0) is 0 Å². The third kappa shape index (κ3) is 6.06. The second kappa shape index (κ2) is 11.2. The quantitative estimate of drug-likeness (QED) is 0.620. The number of hydrogen-bond acceptors (Lipinski definition) is 3. The maximum absolute atomic E-state index is 13.1. The average molecular weight is 450 g/mol. The van der Waals surface area contributed by atoms with Gasteiger partial charge in [-0.15, -0.1) is 0 Å². The van der Waals surface area contributed by atoms with Gasteiger partial charge in [-0.1, -0.05) is 56.4 Å². The van der Waals surface area contributed by atoms with E-state index < -0.39 is 0 Å². The molecule has 2 aliphatic rings. The third-order valence-electron chi connectivity index (χ3n) is 6.87. The number of carbonyl (C=O) groups is 2. The van der Waals surface area contributed by atoms with Gasteiger partial charge in [-0.2, -0.15) is 0 Å². The molecular formula is C27H35N3O3. The summed E-state index contributed by atoms with van der Waals surface area (Å²) in [7, 11) is 1.79. The molecule has 1 aliphatic heterocycles. The molecule has 1 saturated heterocycles. The topological polar surface area (TPSA) is 53.1 Å². The van der Waals surface area contributed by atoms with Crippen LogP contribution in [0.4, 0.5) is 10.5 Å². The minimum absolute atomic E-state index is 0.00348. The van der Waals surface area contributed by atoms with Crippen molar-refractivity contribution in [1.29, 1.82) is 0 Å². The zero-order chi connectivity index (χ0) is 23.0. The molecule has 3 amide bonds. The van der Waals surface area contributed by atoms with Crippen LogP contribution in [-0.4, -0.2) is 61.6 Å². The Bertz CT molecular complexity index is 919. The van der Waals surface area contributed by atoms with E-state index >= 15 is 0 Å². The van der Waals surface area contributed by atoms with Crippen LogP contribution in [0, 0.1) is 5.92 Å². The zero-order valence-corrected chi connectivity index (χ0v) is 19.6. The number of carbonyl (C=O) groups excluding carboxylic acids is 2. The van der Waals surface area contributed by atoms with E-state index in [9.17, 15) is 9.59 Å². The molecule has 33 heavy (non-hydrogen) atoms. The van der Waals surface area contributed by atoms with E-state index in [-0.39, 0.29) is 11.9 Å². The summed E-state index contributed by atoms with van der Waals surface area (Å²) in [6.45, 7) is 2.82. The minimum atomic E-state index is -0.0401. The largest absolute Gasteiger partial charge is 0.494 e. The van der Waals surface area contributed by atoms with Gasteiger partial charge in [0.15, 0.2) is 0 Å². The van der Waals surface area contributed by atoms with Crippen molar-refractivity contribution in [1.82, 2.24) is 9.80 Å². The zero-order valence-electron chi connectivity index (χ0n) is 19.6. The fourth-order valence-corrected chi connectivity index (χ4v) is 4.80. The first-order valence-corrected chi connectivity index (χ1v) is 12.2. The Morgan fingerprint density at radius 1 is 0.909 bits per heavy atom. The number of amides is 3. The SMILES string of the molecule is CN(C(=O)N1CCN(C(=O)c2cccc(OCCC3CCCCC3)c2)CC1)c1ccccc1. The predicted molar refractivity (Wildman–Crippen MR) is 131 cm³/mol. The number of hydrogen-bond donors (Lipinski definition) is 0. The summed E-state index contributed by atoms with van der Waals surface area (Å²) >= 11 is 0. The predicted octanol–water partition coefficient (Wildman–Crippen LogP) is 5.05. The lowest BCUT2D eigenvalue weighted by atomic mass is 9.87. The van der Waals surface area contributed by atoms with Crippen LogP contribution >= 0.6 is 0 Å². The Hall–Kier alpha value is -3.02. The molecule has 2 aromatic rings. The summed E-state index contributed by atoms with van der Waals surface area (Å²) in [5.74, 6) is 1.54. The molecule has 4 rings (SSSR count). The van der Waals surface area contributed by atoms with E-state index in [2.05, 4.69) is 0 Å². The van der Waals surface area contributed by atoms with Gasteiger partial charge in [0.25, 0.3) is 5.91 Å². The molecule has 1 saturated carbocycles. The lowest BCUT2D eigenvalue weighted by Gasteiger charge is -2.36. The number of ether oxygens (including phenoxy) is 1.